The van der Waals surface area contributed by atoms with Crippen LogP contribution >= 0.6 is 11.8 Å². The van der Waals surface area contributed by atoms with Crippen LogP contribution in [0.3, 0.4) is 0 Å². The number of hydrogen-bond acceptors (Lipinski definition) is 10. The van der Waals surface area contributed by atoms with Crippen molar-refractivity contribution in [1.29, 1.82) is 5.26 Å². The lowest BCUT2D eigenvalue weighted by Crippen LogP contribution is -2.47. The highest BCUT2D eigenvalue weighted by Crippen LogP contribution is 2.30. The Morgan fingerprint density at radius 3 is 2.51 bits per heavy atom. The van der Waals surface area contributed by atoms with Crippen LogP contribution in [0.1, 0.15) is 29.5 Å². The molecule has 5 rings (SSSR count). The molecular weight excluding hydrogens is 490 g/mol. The topological polar surface area (TPSA) is 132 Å². The van der Waals surface area contributed by atoms with E-state index in [0.29, 0.717) is 54.1 Å². The van der Waals surface area contributed by atoms with Crippen LogP contribution in [0.2, 0.25) is 0 Å². The number of hydrogen-bond donors (Lipinski definition) is 2. The number of pyridine rings is 1. The summed E-state index contributed by atoms with van der Waals surface area (Å²) >= 11 is 0.862. The van der Waals surface area contributed by atoms with Gasteiger partial charge in [-0.2, -0.15) is 10.4 Å². The summed E-state index contributed by atoms with van der Waals surface area (Å²) in [6.45, 7) is 4.79. The molecular formula is C25H27N9O2S. The van der Waals surface area contributed by atoms with E-state index in [-0.39, 0.29) is 0 Å². The summed E-state index contributed by atoms with van der Waals surface area (Å²) in [7, 11) is 1.88. The molecule has 2 aliphatic heterocycles. The summed E-state index contributed by atoms with van der Waals surface area (Å²) in [5.41, 5.74) is 2.13. The Labute approximate surface area is 218 Å². The zero-order valence-electron chi connectivity index (χ0n) is 20.6. The number of nitrogens with zero attached hydrogens (tertiary/aromatic N) is 7. The van der Waals surface area contributed by atoms with Crippen LogP contribution in [0.4, 0.5) is 22.2 Å². The number of aryl methyl sites for hydroxylation is 1. The minimum atomic E-state index is -0.422. The lowest BCUT2D eigenvalue weighted by atomic mass is 10.2. The van der Waals surface area contributed by atoms with E-state index in [1.165, 1.54) is 0 Å². The van der Waals surface area contributed by atoms with Gasteiger partial charge in [-0.1, -0.05) is 0 Å². The molecule has 37 heavy (non-hydrogen) atoms. The summed E-state index contributed by atoms with van der Waals surface area (Å²) < 4.78 is 1.79. The van der Waals surface area contributed by atoms with Crippen molar-refractivity contribution in [2.24, 2.45) is 7.05 Å². The van der Waals surface area contributed by atoms with Crippen LogP contribution in [0.15, 0.2) is 35.6 Å². The van der Waals surface area contributed by atoms with Crippen LogP contribution in [-0.2, 0) is 11.8 Å². The second-order valence-electron chi connectivity index (χ2n) is 9.05. The summed E-state index contributed by atoms with van der Waals surface area (Å²) in [5, 5.41) is 19.5. The summed E-state index contributed by atoms with van der Waals surface area (Å²) in [5.74, 6) is 1.96. The van der Waals surface area contributed by atoms with Gasteiger partial charge in [0, 0.05) is 62.8 Å². The number of amides is 2. The molecule has 2 aromatic heterocycles. The molecule has 2 N–H and O–H groups in total. The fraction of sp³-hybridized carbons (Fsp3) is 0.360. The first-order valence-electron chi connectivity index (χ1n) is 12.1. The van der Waals surface area contributed by atoms with Crippen molar-refractivity contribution in [1.82, 2.24) is 25.1 Å². The Bertz CT molecular complexity index is 1370. The number of nitriles is 1. The van der Waals surface area contributed by atoms with Crippen molar-refractivity contribution in [2.75, 3.05) is 41.3 Å². The molecule has 0 atom stereocenters. The van der Waals surface area contributed by atoms with Crippen molar-refractivity contribution in [3.8, 4) is 6.07 Å². The van der Waals surface area contributed by atoms with Gasteiger partial charge in [-0.05, 0) is 49.7 Å². The Hall–Kier alpha value is -4.11. The number of imide groups is 1. The molecule has 0 unspecified atom stereocenters. The van der Waals surface area contributed by atoms with Crippen molar-refractivity contribution < 1.29 is 9.59 Å². The van der Waals surface area contributed by atoms with E-state index in [4.69, 9.17) is 4.98 Å². The monoisotopic (exact) mass is 517 g/mol. The number of anilines is 3. The van der Waals surface area contributed by atoms with Gasteiger partial charge in [0.25, 0.3) is 11.1 Å². The van der Waals surface area contributed by atoms with Crippen molar-refractivity contribution in [3.05, 3.63) is 52.3 Å². The lowest BCUT2D eigenvalue weighted by Gasteiger charge is -2.36. The average molecular weight is 518 g/mol. The summed E-state index contributed by atoms with van der Waals surface area (Å²) in [6.07, 6.45) is 8.88. The van der Waals surface area contributed by atoms with Gasteiger partial charge in [-0.3, -0.25) is 19.6 Å². The Morgan fingerprint density at radius 2 is 1.86 bits per heavy atom. The van der Waals surface area contributed by atoms with E-state index in [1.807, 2.05) is 14.0 Å². The van der Waals surface area contributed by atoms with E-state index in [1.54, 1.807) is 41.5 Å². The van der Waals surface area contributed by atoms with E-state index in [9.17, 15) is 14.9 Å². The smallest absolute Gasteiger partial charge is 0.290 e. The molecule has 190 valence electrons. The van der Waals surface area contributed by atoms with Crippen LogP contribution in [0.5, 0.6) is 0 Å². The van der Waals surface area contributed by atoms with Gasteiger partial charge in [0.2, 0.25) is 0 Å². The van der Waals surface area contributed by atoms with Crippen LogP contribution in [0.25, 0.3) is 6.08 Å². The van der Waals surface area contributed by atoms with E-state index in [2.05, 4.69) is 36.6 Å². The van der Waals surface area contributed by atoms with E-state index < -0.39 is 11.1 Å². The minimum Gasteiger partial charge on any atom is -0.367 e. The molecule has 2 amide bonds. The van der Waals surface area contributed by atoms with Crippen LogP contribution in [0, 0.1) is 18.3 Å². The van der Waals surface area contributed by atoms with Crippen molar-refractivity contribution in [3.63, 3.8) is 0 Å². The number of nitrogens with one attached hydrogen (secondary N) is 2. The Morgan fingerprint density at radius 1 is 1.14 bits per heavy atom. The maximum absolute atomic E-state index is 12.1. The van der Waals surface area contributed by atoms with Crippen molar-refractivity contribution >= 4 is 46.4 Å². The number of piperazine rings is 1. The normalized spacial score (nSPS) is 18.5. The largest absolute Gasteiger partial charge is 0.367 e. The molecule has 11 nitrogen and oxygen atoms in total. The quantitative estimate of drug-likeness (QED) is 0.571. The van der Waals surface area contributed by atoms with Crippen molar-refractivity contribution in [2.45, 2.75) is 25.8 Å². The van der Waals surface area contributed by atoms with Crippen LogP contribution < -0.4 is 20.4 Å². The zero-order chi connectivity index (χ0) is 25.9. The highest BCUT2D eigenvalue weighted by atomic mass is 32.2. The fourth-order valence-electron chi connectivity index (χ4n) is 4.28. The van der Waals surface area contributed by atoms with Gasteiger partial charge in [0.15, 0.2) is 0 Å². The third-order valence-electron chi connectivity index (χ3n) is 6.37. The highest BCUT2D eigenvalue weighted by Gasteiger charge is 2.27. The predicted octanol–water partition coefficient (Wildman–Crippen LogP) is 2.74. The first-order chi connectivity index (χ1) is 17.9. The fourth-order valence-corrected chi connectivity index (χ4v) is 4.96. The molecule has 0 bridgehead atoms. The standard InChI is InChI=1S/C25H27N9O2S/c1-16-21(33-8-10-34(11-9-33)23-18(13-26)4-3-7-27-23)28-14-17(12-20-24(35)31-25(36)37-20)15-29-32(2)22(16)30-19-5-6-19/h3-4,7,12,14-15,19,30H,5-6,8-11H2,1-2H3,(H,31,35,36)/b17-14?,20-12-,22-16?,28-21?,29-15?. The SMILES string of the molecule is Cc1c(N2CCN(c3ncccc3C#N)CC2)ncc(/C=C2\SC(=O)NC2=O)cnn(C)c1NC1CC1. The average Bonchev–Trinajstić information content (AvgIpc) is 3.67. The molecule has 1 aliphatic carbocycles. The molecule has 2 aromatic rings. The number of carbonyl (C=O) groups is 2. The third kappa shape index (κ3) is 5.51. The molecule has 2 saturated heterocycles. The summed E-state index contributed by atoms with van der Waals surface area (Å²) in [4.78, 5) is 37.6. The maximum atomic E-state index is 12.1. The number of carbonyl (C=O) groups excluding carboxylic acids is 2. The molecule has 3 fully saturated rings. The molecule has 0 spiro atoms. The van der Waals surface area contributed by atoms with E-state index in [0.717, 1.165) is 41.8 Å². The predicted molar refractivity (Wildman–Crippen MR) is 142 cm³/mol. The van der Waals surface area contributed by atoms with Gasteiger partial charge in [-0.15, -0.1) is 0 Å². The number of aromatic nitrogens is 4. The molecule has 4 heterocycles. The number of thioether (sulfide) groups is 1. The molecule has 1 saturated carbocycles. The Balaban J connectivity index is 1.50. The molecule has 12 heteroatoms. The second-order valence-corrected chi connectivity index (χ2v) is 10.1. The summed E-state index contributed by atoms with van der Waals surface area (Å²) in [6, 6.07) is 6.20. The van der Waals surface area contributed by atoms with Gasteiger partial charge in [0.1, 0.15) is 23.5 Å². The minimum absolute atomic E-state index is 0.305. The third-order valence-corrected chi connectivity index (χ3v) is 7.18. The van der Waals surface area contributed by atoms with Crippen LogP contribution in [-0.4, -0.2) is 63.1 Å². The van der Waals surface area contributed by atoms with Gasteiger partial charge < -0.3 is 15.1 Å². The number of rotatable bonds is 5. The first-order valence-corrected chi connectivity index (χ1v) is 12.9. The molecule has 0 radical (unpaired) electrons. The zero-order valence-corrected chi connectivity index (χ0v) is 21.5. The molecule has 0 aromatic carbocycles. The van der Waals surface area contributed by atoms with E-state index >= 15 is 0 Å². The Kier molecular flexibility index (Phi) is 6.96. The first kappa shape index (κ1) is 24.6. The van der Waals surface area contributed by atoms with Gasteiger partial charge in [-0.25, -0.2) is 9.97 Å². The second kappa shape index (κ2) is 10.5. The van der Waals surface area contributed by atoms with Gasteiger partial charge >= 0.3 is 0 Å². The van der Waals surface area contributed by atoms with Gasteiger partial charge in [0.05, 0.1) is 16.7 Å². The lowest BCUT2D eigenvalue weighted by molar-refractivity contribution is -0.115. The maximum Gasteiger partial charge on any atom is 0.290 e. The molecule has 3 aliphatic rings. The highest BCUT2D eigenvalue weighted by molar-refractivity contribution is 8.18.